The van der Waals surface area contributed by atoms with Gasteiger partial charge in [0, 0.05) is 4.88 Å². The van der Waals surface area contributed by atoms with Gasteiger partial charge in [-0.1, -0.05) is 12.1 Å². The molecule has 1 aromatic carbocycles. The van der Waals surface area contributed by atoms with Gasteiger partial charge < -0.3 is 10.1 Å². The second-order valence-electron chi connectivity index (χ2n) is 4.77. The fraction of sp³-hybridized carbons (Fsp3) is 0.375. The van der Waals surface area contributed by atoms with E-state index in [4.69, 9.17) is 4.74 Å². The van der Waals surface area contributed by atoms with E-state index in [1.807, 2.05) is 45.0 Å². The molecule has 0 saturated carbocycles. The van der Waals surface area contributed by atoms with Gasteiger partial charge in [0.25, 0.3) is 0 Å². The number of aryl methyl sites for hydroxylation is 2. The Morgan fingerprint density at radius 1 is 1.29 bits per heavy atom. The molecule has 0 aliphatic carbocycles. The average Bonchev–Trinajstić information content (AvgIpc) is 2.77. The summed E-state index contributed by atoms with van der Waals surface area (Å²) in [5.41, 5.74) is 1.98. The van der Waals surface area contributed by atoms with Crippen LogP contribution in [0.1, 0.15) is 28.1 Å². The smallest absolute Gasteiger partial charge is 0.224 e. The molecule has 112 valence electrons. The molecule has 0 aliphatic heterocycles. The number of aromatic nitrogens is 1. The molecule has 0 bridgehead atoms. The van der Waals surface area contributed by atoms with Gasteiger partial charge in [-0.2, -0.15) is 0 Å². The number of nitrogens with zero attached hydrogens (tertiary/aromatic N) is 1. The SMILES string of the molecule is CCOc1ccc(CC(=O)NCc2sc(C)nc2C)cc1. The lowest BCUT2D eigenvalue weighted by Gasteiger charge is -2.06. The largest absolute Gasteiger partial charge is 0.494 e. The highest BCUT2D eigenvalue weighted by Crippen LogP contribution is 2.17. The van der Waals surface area contributed by atoms with Crippen molar-refractivity contribution in [2.45, 2.75) is 33.7 Å². The van der Waals surface area contributed by atoms with E-state index in [0.29, 0.717) is 19.6 Å². The van der Waals surface area contributed by atoms with Crippen LogP contribution in [0.4, 0.5) is 0 Å². The summed E-state index contributed by atoms with van der Waals surface area (Å²) in [5, 5.41) is 3.97. The Hall–Kier alpha value is -1.88. The van der Waals surface area contributed by atoms with Crippen LogP contribution in [0.3, 0.4) is 0 Å². The summed E-state index contributed by atoms with van der Waals surface area (Å²) in [4.78, 5) is 17.4. The molecule has 0 fully saturated rings. The van der Waals surface area contributed by atoms with E-state index in [1.54, 1.807) is 11.3 Å². The highest BCUT2D eigenvalue weighted by atomic mass is 32.1. The number of rotatable bonds is 6. The van der Waals surface area contributed by atoms with Crippen LogP contribution in [0.15, 0.2) is 24.3 Å². The third-order valence-corrected chi connectivity index (χ3v) is 4.12. The average molecular weight is 304 g/mol. The predicted octanol–water partition coefficient (Wildman–Crippen LogP) is 3.02. The second-order valence-corrected chi connectivity index (χ2v) is 6.06. The minimum Gasteiger partial charge on any atom is -0.494 e. The van der Waals surface area contributed by atoms with Crippen molar-refractivity contribution >= 4 is 17.2 Å². The van der Waals surface area contributed by atoms with E-state index in [-0.39, 0.29) is 5.91 Å². The minimum atomic E-state index is 0.0182. The number of benzene rings is 1. The number of carbonyl (C=O) groups is 1. The zero-order valence-electron chi connectivity index (χ0n) is 12.6. The maximum Gasteiger partial charge on any atom is 0.224 e. The van der Waals surface area contributed by atoms with Crippen molar-refractivity contribution in [3.05, 3.63) is 45.4 Å². The highest BCUT2D eigenvalue weighted by Gasteiger charge is 2.08. The second kappa shape index (κ2) is 7.22. The third kappa shape index (κ3) is 4.56. The molecule has 1 heterocycles. The van der Waals surface area contributed by atoms with Gasteiger partial charge in [-0.15, -0.1) is 11.3 Å². The highest BCUT2D eigenvalue weighted by molar-refractivity contribution is 7.11. The molecular formula is C16H20N2O2S. The molecule has 2 rings (SSSR count). The first-order chi connectivity index (χ1) is 10.1. The predicted molar refractivity (Wildman–Crippen MR) is 84.7 cm³/mol. The van der Waals surface area contributed by atoms with Crippen LogP contribution in [0.5, 0.6) is 5.75 Å². The van der Waals surface area contributed by atoms with Gasteiger partial charge in [-0.25, -0.2) is 4.98 Å². The van der Waals surface area contributed by atoms with E-state index in [0.717, 1.165) is 26.9 Å². The Morgan fingerprint density at radius 3 is 2.57 bits per heavy atom. The van der Waals surface area contributed by atoms with Crippen LogP contribution in [-0.2, 0) is 17.8 Å². The van der Waals surface area contributed by atoms with Crippen LogP contribution >= 0.6 is 11.3 Å². The maximum atomic E-state index is 12.0. The lowest BCUT2D eigenvalue weighted by Crippen LogP contribution is -2.24. The molecule has 0 spiro atoms. The van der Waals surface area contributed by atoms with E-state index >= 15 is 0 Å². The molecule has 0 atom stereocenters. The number of amides is 1. The van der Waals surface area contributed by atoms with Crippen LogP contribution in [0, 0.1) is 13.8 Å². The third-order valence-electron chi connectivity index (χ3n) is 3.04. The van der Waals surface area contributed by atoms with Crippen LogP contribution in [-0.4, -0.2) is 17.5 Å². The van der Waals surface area contributed by atoms with Gasteiger partial charge in [0.1, 0.15) is 5.75 Å². The number of thiazole rings is 1. The van der Waals surface area contributed by atoms with Crippen LogP contribution < -0.4 is 10.1 Å². The van der Waals surface area contributed by atoms with Gasteiger partial charge in [0.15, 0.2) is 0 Å². The lowest BCUT2D eigenvalue weighted by molar-refractivity contribution is -0.120. The molecule has 2 aromatic rings. The number of carbonyl (C=O) groups excluding carboxylic acids is 1. The van der Waals surface area contributed by atoms with Crippen LogP contribution in [0.2, 0.25) is 0 Å². The lowest BCUT2D eigenvalue weighted by atomic mass is 10.1. The fourth-order valence-electron chi connectivity index (χ4n) is 2.03. The van der Waals surface area contributed by atoms with Crippen LogP contribution in [0.25, 0.3) is 0 Å². The summed E-state index contributed by atoms with van der Waals surface area (Å²) < 4.78 is 5.38. The van der Waals surface area contributed by atoms with Crippen molar-refractivity contribution in [1.82, 2.24) is 10.3 Å². The minimum absolute atomic E-state index is 0.0182. The van der Waals surface area contributed by atoms with Crippen molar-refractivity contribution in [3.8, 4) is 5.75 Å². The maximum absolute atomic E-state index is 12.0. The van der Waals surface area contributed by atoms with Crippen molar-refractivity contribution in [2.24, 2.45) is 0 Å². The van der Waals surface area contributed by atoms with Crippen molar-refractivity contribution < 1.29 is 9.53 Å². The Balaban J connectivity index is 1.85. The molecular weight excluding hydrogens is 284 g/mol. The summed E-state index contributed by atoms with van der Waals surface area (Å²) in [6.07, 6.45) is 0.378. The summed E-state index contributed by atoms with van der Waals surface area (Å²) in [6.45, 7) is 7.09. The summed E-state index contributed by atoms with van der Waals surface area (Å²) >= 11 is 1.63. The Kier molecular flexibility index (Phi) is 5.33. The number of hydrogen-bond acceptors (Lipinski definition) is 4. The quantitative estimate of drug-likeness (QED) is 0.892. The summed E-state index contributed by atoms with van der Waals surface area (Å²) in [7, 11) is 0. The monoisotopic (exact) mass is 304 g/mol. The Bertz CT molecular complexity index is 605. The van der Waals surface area contributed by atoms with Gasteiger partial charge in [0.2, 0.25) is 5.91 Å². The standard InChI is InChI=1S/C16H20N2O2S/c1-4-20-14-7-5-13(6-8-14)9-16(19)17-10-15-11(2)18-12(3)21-15/h5-8H,4,9-10H2,1-3H3,(H,17,19). The molecule has 1 N–H and O–H groups in total. The molecule has 0 unspecified atom stereocenters. The van der Waals surface area contributed by atoms with E-state index in [2.05, 4.69) is 10.3 Å². The Morgan fingerprint density at radius 2 is 2.00 bits per heavy atom. The number of ether oxygens (including phenoxy) is 1. The molecule has 4 nitrogen and oxygen atoms in total. The number of nitrogens with one attached hydrogen (secondary N) is 1. The van der Waals surface area contributed by atoms with Crippen molar-refractivity contribution in [3.63, 3.8) is 0 Å². The molecule has 1 amide bonds. The molecule has 1 aromatic heterocycles. The molecule has 0 radical (unpaired) electrons. The topological polar surface area (TPSA) is 51.2 Å². The Labute approximate surface area is 129 Å². The fourth-order valence-corrected chi connectivity index (χ4v) is 2.91. The van der Waals surface area contributed by atoms with Crippen molar-refractivity contribution in [1.29, 1.82) is 0 Å². The van der Waals surface area contributed by atoms with Gasteiger partial charge >= 0.3 is 0 Å². The van der Waals surface area contributed by atoms with Gasteiger partial charge in [-0.05, 0) is 38.5 Å². The van der Waals surface area contributed by atoms with Crippen molar-refractivity contribution in [2.75, 3.05) is 6.61 Å². The first-order valence-corrected chi connectivity index (χ1v) is 7.81. The van der Waals surface area contributed by atoms with E-state index in [1.165, 1.54) is 0 Å². The zero-order chi connectivity index (χ0) is 15.2. The summed E-state index contributed by atoms with van der Waals surface area (Å²) in [6, 6.07) is 7.63. The van der Waals surface area contributed by atoms with E-state index < -0.39 is 0 Å². The van der Waals surface area contributed by atoms with Gasteiger partial charge in [0.05, 0.1) is 30.3 Å². The van der Waals surface area contributed by atoms with Gasteiger partial charge in [-0.3, -0.25) is 4.79 Å². The molecule has 0 aliphatic rings. The molecule has 0 saturated heterocycles. The molecule has 5 heteroatoms. The zero-order valence-corrected chi connectivity index (χ0v) is 13.4. The van der Waals surface area contributed by atoms with E-state index in [9.17, 15) is 4.79 Å². The first-order valence-electron chi connectivity index (χ1n) is 7.00. The number of hydrogen-bond donors (Lipinski definition) is 1. The molecule has 21 heavy (non-hydrogen) atoms. The first kappa shape index (κ1) is 15.5. The summed E-state index contributed by atoms with van der Waals surface area (Å²) in [5.74, 6) is 0.849. The normalized spacial score (nSPS) is 10.4.